The summed E-state index contributed by atoms with van der Waals surface area (Å²) in [4.78, 5) is 0. The number of benzene rings is 2. The number of rotatable bonds is 7. The van der Waals surface area contributed by atoms with Crippen LogP contribution in [0.5, 0.6) is 5.75 Å². The van der Waals surface area contributed by atoms with Crippen LogP contribution in [-0.2, 0) is 0 Å². The minimum absolute atomic E-state index is 0.495. The zero-order valence-corrected chi connectivity index (χ0v) is 11.4. The maximum Gasteiger partial charge on any atom is 0.119 e. The number of para-hydroxylation sites is 1. The molecule has 2 aromatic rings. The number of hydrogen-bond donors (Lipinski definition) is 1. The van der Waals surface area contributed by atoms with E-state index in [2.05, 4.69) is 35.6 Å². The third-order valence-electron chi connectivity index (χ3n) is 3.20. The molecule has 0 spiro atoms. The molecule has 0 bridgehead atoms. The Balaban J connectivity index is 1.87. The molecule has 0 fully saturated rings. The van der Waals surface area contributed by atoms with Crippen molar-refractivity contribution in [1.29, 1.82) is 0 Å². The fraction of sp³-hybridized carbons (Fsp3) is 0.294. The molecular weight excluding hydrogens is 234 g/mol. The molecular formula is C17H21NO. The zero-order valence-electron chi connectivity index (χ0n) is 11.4. The second-order valence-electron chi connectivity index (χ2n) is 4.62. The van der Waals surface area contributed by atoms with Crippen LogP contribution in [-0.4, -0.2) is 20.2 Å². The van der Waals surface area contributed by atoms with Crippen LogP contribution in [0.25, 0.3) is 0 Å². The minimum Gasteiger partial charge on any atom is -0.494 e. The van der Waals surface area contributed by atoms with Gasteiger partial charge in [-0.15, -0.1) is 0 Å². The van der Waals surface area contributed by atoms with Crippen LogP contribution in [0.15, 0.2) is 60.7 Å². The van der Waals surface area contributed by atoms with E-state index in [1.165, 1.54) is 5.56 Å². The van der Waals surface area contributed by atoms with Gasteiger partial charge in [0.1, 0.15) is 5.75 Å². The topological polar surface area (TPSA) is 21.3 Å². The van der Waals surface area contributed by atoms with Gasteiger partial charge in [0.05, 0.1) is 6.61 Å². The molecule has 0 saturated heterocycles. The van der Waals surface area contributed by atoms with E-state index in [-0.39, 0.29) is 0 Å². The minimum atomic E-state index is 0.495. The standard InChI is InChI=1S/C17H21NO/c1-18-14-16(15-8-4-2-5-9-15)12-13-19-17-10-6-3-7-11-17/h2-11,16,18H,12-14H2,1H3/t16-/m0/s1. The number of likely N-dealkylation sites (N-methyl/N-ethyl adjacent to an activating group) is 1. The van der Waals surface area contributed by atoms with E-state index in [9.17, 15) is 0 Å². The first-order valence-corrected chi connectivity index (χ1v) is 6.77. The van der Waals surface area contributed by atoms with E-state index in [1.54, 1.807) is 0 Å². The van der Waals surface area contributed by atoms with Crippen LogP contribution in [0, 0.1) is 0 Å². The van der Waals surface area contributed by atoms with Gasteiger partial charge in [0.25, 0.3) is 0 Å². The lowest BCUT2D eigenvalue weighted by Crippen LogP contribution is -2.19. The Morgan fingerprint density at radius 2 is 1.58 bits per heavy atom. The van der Waals surface area contributed by atoms with Gasteiger partial charge in [-0.2, -0.15) is 0 Å². The van der Waals surface area contributed by atoms with E-state index in [0.29, 0.717) is 5.92 Å². The molecule has 2 rings (SSSR count). The van der Waals surface area contributed by atoms with Crippen molar-refractivity contribution in [2.24, 2.45) is 0 Å². The van der Waals surface area contributed by atoms with E-state index < -0.39 is 0 Å². The first-order valence-electron chi connectivity index (χ1n) is 6.77. The van der Waals surface area contributed by atoms with E-state index >= 15 is 0 Å². The Morgan fingerprint density at radius 1 is 0.947 bits per heavy atom. The first-order chi connectivity index (χ1) is 9.40. The smallest absolute Gasteiger partial charge is 0.119 e. The summed E-state index contributed by atoms with van der Waals surface area (Å²) in [5.74, 6) is 1.44. The largest absolute Gasteiger partial charge is 0.494 e. The van der Waals surface area contributed by atoms with Gasteiger partial charge in [-0.3, -0.25) is 0 Å². The lowest BCUT2D eigenvalue weighted by Gasteiger charge is -2.17. The van der Waals surface area contributed by atoms with Gasteiger partial charge in [0.15, 0.2) is 0 Å². The lowest BCUT2D eigenvalue weighted by molar-refractivity contribution is 0.296. The maximum absolute atomic E-state index is 5.78. The van der Waals surface area contributed by atoms with Gasteiger partial charge in [-0.1, -0.05) is 48.5 Å². The van der Waals surface area contributed by atoms with Crippen molar-refractivity contribution < 1.29 is 4.74 Å². The van der Waals surface area contributed by atoms with E-state index in [1.807, 2.05) is 37.4 Å². The van der Waals surface area contributed by atoms with Crippen molar-refractivity contribution in [3.63, 3.8) is 0 Å². The quantitative estimate of drug-likeness (QED) is 0.818. The van der Waals surface area contributed by atoms with Gasteiger partial charge < -0.3 is 10.1 Å². The Hall–Kier alpha value is -1.80. The molecule has 0 aromatic heterocycles. The van der Waals surface area contributed by atoms with Gasteiger partial charge in [0.2, 0.25) is 0 Å². The monoisotopic (exact) mass is 255 g/mol. The van der Waals surface area contributed by atoms with Crippen molar-refractivity contribution in [3.8, 4) is 5.75 Å². The summed E-state index contributed by atoms with van der Waals surface area (Å²) in [7, 11) is 1.99. The highest BCUT2D eigenvalue weighted by molar-refractivity contribution is 5.22. The van der Waals surface area contributed by atoms with Gasteiger partial charge in [-0.05, 0) is 37.1 Å². The number of nitrogens with one attached hydrogen (secondary N) is 1. The molecule has 0 heterocycles. The van der Waals surface area contributed by atoms with Crippen molar-refractivity contribution in [3.05, 3.63) is 66.2 Å². The van der Waals surface area contributed by atoms with Crippen LogP contribution in [0.1, 0.15) is 17.9 Å². The fourth-order valence-corrected chi connectivity index (χ4v) is 2.19. The summed E-state index contributed by atoms with van der Waals surface area (Å²) in [6, 6.07) is 20.6. The lowest BCUT2D eigenvalue weighted by atomic mass is 9.96. The maximum atomic E-state index is 5.78. The molecule has 0 aliphatic carbocycles. The Morgan fingerprint density at radius 3 is 2.21 bits per heavy atom. The Labute approximate surface area is 115 Å². The van der Waals surface area contributed by atoms with Crippen LogP contribution in [0.4, 0.5) is 0 Å². The molecule has 0 aliphatic heterocycles. The fourth-order valence-electron chi connectivity index (χ4n) is 2.19. The van der Waals surface area contributed by atoms with Crippen molar-refractivity contribution in [2.75, 3.05) is 20.2 Å². The average Bonchev–Trinajstić information content (AvgIpc) is 2.48. The van der Waals surface area contributed by atoms with Gasteiger partial charge in [-0.25, -0.2) is 0 Å². The molecule has 100 valence electrons. The summed E-state index contributed by atoms with van der Waals surface area (Å²) < 4.78 is 5.78. The highest BCUT2D eigenvalue weighted by Gasteiger charge is 2.10. The molecule has 2 aromatic carbocycles. The molecule has 1 atom stereocenters. The van der Waals surface area contributed by atoms with Crippen LogP contribution in [0.2, 0.25) is 0 Å². The van der Waals surface area contributed by atoms with Crippen molar-refractivity contribution in [2.45, 2.75) is 12.3 Å². The molecule has 19 heavy (non-hydrogen) atoms. The van der Waals surface area contributed by atoms with Gasteiger partial charge in [0, 0.05) is 6.54 Å². The Bertz CT molecular complexity index is 455. The third kappa shape index (κ3) is 4.42. The van der Waals surface area contributed by atoms with Crippen LogP contribution < -0.4 is 10.1 Å². The number of hydrogen-bond acceptors (Lipinski definition) is 2. The molecule has 2 nitrogen and oxygen atoms in total. The molecule has 0 radical (unpaired) electrons. The van der Waals surface area contributed by atoms with Crippen LogP contribution in [0.3, 0.4) is 0 Å². The molecule has 0 amide bonds. The summed E-state index contributed by atoms with van der Waals surface area (Å²) in [6.07, 6.45) is 1.01. The van der Waals surface area contributed by atoms with Crippen molar-refractivity contribution >= 4 is 0 Å². The predicted octanol–water partition coefficient (Wildman–Crippen LogP) is 3.46. The summed E-state index contributed by atoms with van der Waals surface area (Å²) in [5.41, 5.74) is 1.37. The number of ether oxygens (including phenoxy) is 1. The third-order valence-corrected chi connectivity index (χ3v) is 3.20. The van der Waals surface area contributed by atoms with E-state index in [4.69, 9.17) is 4.74 Å². The first kappa shape index (κ1) is 13.6. The van der Waals surface area contributed by atoms with Gasteiger partial charge >= 0.3 is 0 Å². The summed E-state index contributed by atoms with van der Waals surface area (Å²) >= 11 is 0. The average molecular weight is 255 g/mol. The normalized spacial score (nSPS) is 12.1. The second-order valence-corrected chi connectivity index (χ2v) is 4.62. The second kappa shape index (κ2) is 7.59. The highest BCUT2D eigenvalue weighted by Crippen LogP contribution is 2.19. The predicted molar refractivity (Wildman–Crippen MR) is 79.7 cm³/mol. The molecule has 0 saturated carbocycles. The molecule has 2 heteroatoms. The van der Waals surface area contributed by atoms with Crippen molar-refractivity contribution in [1.82, 2.24) is 5.32 Å². The zero-order chi connectivity index (χ0) is 13.3. The highest BCUT2D eigenvalue weighted by atomic mass is 16.5. The molecule has 0 aliphatic rings. The summed E-state index contributed by atoms with van der Waals surface area (Å²) in [5, 5.41) is 3.26. The SMILES string of the molecule is CNC[C@H](CCOc1ccccc1)c1ccccc1. The van der Waals surface area contributed by atoms with E-state index in [0.717, 1.165) is 25.3 Å². The Kier molecular flexibility index (Phi) is 5.45. The molecule has 1 N–H and O–H groups in total. The molecule has 0 unspecified atom stereocenters. The van der Waals surface area contributed by atoms with Crippen LogP contribution >= 0.6 is 0 Å². The summed E-state index contributed by atoms with van der Waals surface area (Å²) in [6.45, 7) is 1.72.